The van der Waals surface area contributed by atoms with Crippen LogP contribution in [0.25, 0.3) is 0 Å². The maximum absolute atomic E-state index is 8.92. The summed E-state index contributed by atoms with van der Waals surface area (Å²) < 4.78 is 4.16. The first-order valence-corrected chi connectivity index (χ1v) is 5.19. The van der Waals surface area contributed by atoms with E-state index in [0.29, 0.717) is 16.3 Å². The van der Waals surface area contributed by atoms with Crippen molar-refractivity contribution in [2.24, 2.45) is 0 Å². The zero-order valence-corrected chi connectivity index (χ0v) is 8.34. The van der Waals surface area contributed by atoms with Crippen LogP contribution in [0.2, 0.25) is 0 Å². The topological polar surface area (TPSA) is 63.7 Å². The fourth-order valence-corrected chi connectivity index (χ4v) is 2.26. The number of hydrogen-bond acceptors (Lipinski definition) is 5. The molecule has 2 heterocycles. The van der Waals surface area contributed by atoms with Crippen molar-refractivity contribution in [2.75, 3.05) is 18.0 Å². The second kappa shape index (κ2) is 3.65. The van der Waals surface area contributed by atoms with Gasteiger partial charge in [0.1, 0.15) is 22.6 Å². The molecule has 0 spiro atoms. The van der Waals surface area contributed by atoms with Gasteiger partial charge in [-0.2, -0.15) is 14.9 Å². The van der Waals surface area contributed by atoms with E-state index in [0.717, 1.165) is 37.5 Å². The van der Waals surface area contributed by atoms with E-state index < -0.39 is 0 Å². The smallest absolute Gasteiger partial charge is 0.161 e. The van der Waals surface area contributed by atoms with Crippen molar-refractivity contribution >= 4 is 17.4 Å². The van der Waals surface area contributed by atoms with Gasteiger partial charge in [0.05, 0.1) is 0 Å². The van der Waals surface area contributed by atoms with Crippen LogP contribution in [0.15, 0.2) is 0 Å². The summed E-state index contributed by atoms with van der Waals surface area (Å²) in [6.45, 7) is 1.90. The first kappa shape index (κ1) is 8.98. The molecule has 5 heteroatoms. The molecule has 1 saturated heterocycles. The van der Waals surface area contributed by atoms with E-state index >= 15 is 0 Å². The highest BCUT2D eigenvalue weighted by molar-refractivity contribution is 7.06. The highest BCUT2D eigenvalue weighted by atomic mass is 32.1. The summed E-state index contributed by atoms with van der Waals surface area (Å²) in [4.78, 5) is 2.50. The number of nitriles is 2. The first-order chi connectivity index (χ1) is 6.86. The maximum atomic E-state index is 8.92. The molecule has 1 aliphatic rings. The third-order valence-corrected chi connectivity index (χ3v) is 3.04. The van der Waals surface area contributed by atoms with Gasteiger partial charge in [-0.25, -0.2) is 0 Å². The molecular formula is C9H8N4S. The monoisotopic (exact) mass is 204 g/mol. The van der Waals surface area contributed by atoms with Crippen molar-refractivity contribution in [3.63, 3.8) is 0 Å². The van der Waals surface area contributed by atoms with Crippen molar-refractivity contribution in [1.29, 1.82) is 10.5 Å². The number of hydrogen-bond donors (Lipinski definition) is 0. The molecule has 0 bridgehead atoms. The summed E-state index contributed by atoms with van der Waals surface area (Å²) in [5.41, 5.74) is 0.444. The Labute approximate surface area is 86.2 Å². The number of anilines is 1. The minimum Gasteiger partial charge on any atom is -0.355 e. The fourth-order valence-electron chi connectivity index (χ4n) is 1.60. The SMILES string of the molecule is N#Cc1snc(N2CCCC2)c1C#N. The standard InChI is InChI=1S/C9H8N4S/c10-5-7-8(6-11)14-12-9(7)13-3-1-2-4-13/h1-4H2. The number of nitrogens with zero attached hydrogens (tertiary/aromatic N) is 4. The zero-order chi connectivity index (χ0) is 9.97. The van der Waals surface area contributed by atoms with Gasteiger partial charge in [-0.3, -0.25) is 0 Å². The molecule has 0 atom stereocenters. The molecule has 0 N–H and O–H groups in total. The van der Waals surface area contributed by atoms with Gasteiger partial charge in [0, 0.05) is 13.1 Å². The Hall–Kier alpha value is -1.59. The van der Waals surface area contributed by atoms with Crippen molar-refractivity contribution in [1.82, 2.24) is 4.37 Å². The second-order valence-electron chi connectivity index (χ2n) is 3.13. The van der Waals surface area contributed by atoms with Crippen molar-refractivity contribution in [3.05, 3.63) is 10.4 Å². The van der Waals surface area contributed by atoms with Crippen LogP contribution in [0.5, 0.6) is 0 Å². The van der Waals surface area contributed by atoms with Gasteiger partial charge < -0.3 is 4.90 Å². The summed E-state index contributed by atoms with van der Waals surface area (Å²) >= 11 is 1.11. The normalized spacial score (nSPS) is 15.1. The molecule has 14 heavy (non-hydrogen) atoms. The predicted molar refractivity (Wildman–Crippen MR) is 53.0 cm³/mol. The van der Waals surface area contributed by atoms with Crippen LogP contribution in [-0.2, 0) is 0 Å². The van der Waals surface area contributed by atoms with E-state index in [4.69, 9.17) is 10.5 Å². The molecule has 1 aliphatic heterocycles. The Bertz CT molecular complexity index is 417. The van der Waals surface area contributed by atoms with E-state index in [1.165, 1.54) is 0 Å². The molecule has 4 nitrogen and oxygen atoms in total. The predicted octanol–water partition coefficient (Wildman–Crippen LogP) is 1.49. The summed E-state index contributed by atoms with van der Waals surface area (Å²) in [5.74, 6) is 0.701. The number of rotatable bonds is 1. The van der Waals surface area contributed by atoms with Gasteiger partial charge in [-0.05, 0) is 24.4 Å². The average molecular weight is 204 g/mol. The fraction of sp³-hybridized carbons (Fsp3) is 0.444. The summed E-state index contributed by atoms with van der Waals surface area (Å²) in [6, 6.07) is 4.05. The minimum atomic E-state index is 0.425. The molecule has 70 valence electrons. The Morgan fingerprint density at radius 2 is 1.93 bits per heavy atom. The van der Waals surface area contributed by atoms with Crippen LogP contribution in [-0.4, -0.2) is 17.5 Å². The highest BCUT2D eigenvalue weighted by Gasteiger charge is 2.21. The molecule has 1 aromatic heterocycles. The molecule has 1 aromatic rings. The van der Waals surface area contributed by atoms with Crippen molar-refractivity contribution < 1.29 is 0 Å². The van der Waals surface area contributed by atoms with Gasteiger partial charge in [0.2, 0.25) is 0 Å². The second-order valence-corrected chi connectivity index (χ2v) is 3.90. The Morgan fingerprint density at radius 1 is 1.21 bits per heavy atom. The summed E-state index contributed by atoms with van der Waals surface area (Å²) in [6.07, 6.45) is 2.29. The van der Waals surface area contributed by atoms with Crippen LogP contribution in [0.3, 0.4) is 0 Å². The lowest BCUT2D eigenvalue weighted by Gasteiger charge is -2.13. The average Bonchev–Trinajstić information content (AvgIpc) is 2.85. The summed E-state index contributed by atoms with van der Waals surface area (Å²) in [7, 11) is 0. The summed E-state index contributed by atoms with van der Waals surface area (Å²) in [5, 5.41) is 17.7. The van der Waals surface area contributed by atoms with E-state index in [1.807, 2.05) is 6.07 Å². The molecule has 2 rings (SSSR count). The first-order valence-electron chi connectivity index (χ1n) is 4.41. The molecule has 1 fully saturated rings. The lowest BCUT2D eigenvalue weighted by molar-refractivity contribution is 0.949. The van der Waals surface area contributed by atoms with Gasteiger partial charge >= 0.3 is 0 Å². The van der Waals surface area contributed by atoms with Gasteiger partial charge in [0.15, 0.2) is 5.82 Å². The molecule has 0 amide bonds. The number of aromatic nitrogens is 1. The molecule has 0 saturated carbocycles. The molecular weight excluding hydrogens is 196 g/mol. The minimum absolute atomic E-state index is 0.425. The van der Waals surface area contributed by atoms with Crippen LogP contribution < -0.4 is 4.90 Å². The third-order valence-electron chi connectivity index (χ3n) is 2.29. The third kappa shape index (κ3) is 1.32. The lowest BCUT2D eigenvalue weighted by atomic mass is 10.3. The van der Waals surface area contributed by atoms with Crippen LogP contribution >= 0.6 is 11.5 Å². The zero-order valence-electron chi connectivity index (χ0n) is 7.53. The highest BCUT2D eigenvalue weighted by Crippen LogP contribution is 2.27. The Kier molecular flexibility index (Phi) is 2.34. The van der Waals surface area contributed by atoms with E-state index in [9.17, 15) is 0 Å². The van der Waals surface area contributed by atoms with Gasteiger partial charge in [0.25, 0.3) is 0 Å². The van der Waals surface area contributed by atoms with Crippen LogP contribution in [0.1, 0.15) is 23.3 Å². The quantitative estimate of drug-likeness (QED) is 0.695. The van der Waals surface area contributed by atoms with E-state index in [-0.39, 0.29) is 0 Å². The molecule has 0 unspecified atom stereocenters. The molecule has 0 aromatic carbocycles. The van der Waals surface area contributed by atoms with Gasteiger partial charge in [-0.15, -0.1) is 0 Å². The maximum Gasteiger partial charge on any atom is 0.161 e. The molecule has 0 radical (unpaired) electrons. The lowest BCUT2D eigenvalue weighted by Crippen LogP contribution is -2.18. The van der Waals surface area contributed by atoms with Gasteiger partial charge in [-0.1, -0.05) is 0 Å². The van der Waals surface area contributed by atoms with E-state index in [2.05, 4.69) is 15.3 Å². The van der Waals surface area contributed by atoms with Crippen LogP contribution in [0, 0.1) is 22.7 Å². The molecule has 0 aliphatic carbocycles. The van der Waals surface area contributed by atoms with Crippen LogP contribution in [0.4, 0.5) is 5.82 Å². The van der Waals surface area contributed by atoms with E-state index in [1.54, 1.807) is 0 Å². The Balaban J connectivity index is 2.39. The Morgan fingerprint density at radius 3 is 2.50 bits per heavy atom. The van der Waals surface area contributed by atoms with Crippen molar-refractivity contribution in [3.8, 4) is 12.1 Å². The van der Waals surface area contributed by atoms with Crippen molar-refractivity contribution in [2.45, 2.75) is 12.8 Å². The largest absolute Gasteiger partial charge is 0.355 e.